The second kappa shape index (κ2) is 8.06. The lowest BCUT2D eigenvalue weighted by molar-refractivity contribution is -0.169. The second-order valence-electron chi connectivity index (χ2n) is 8.81. The Balaban J connectivity index is 1.93. The predicted molar refractivity (Wildman–Crippen MR) is 111 cm³/mol. The summed E-state index contributed by atoms with van der Waals surface area (Å²) in [6.45, 7) is 8.20. The topological polar surface area (TPSA) is 49.8 Å². The molecule has 1 aliphatic rings. The number of benzene rings is 2. The summed E-state index contributed by atoms with van der Waals surface area (Å²) in [5, 5.41) is 11.6. The molecule has 3 rings (SSSR count). The number of piperidine rings is 1. The molecule has 0 spiro atoms. The van der Waals surface area contributed by atoms with E-state index in [-0.39, 0.29) is 11.5 Å². The highest BCUT2D eigenvalue weighted by Gasteiger charge is 2.43. The lowest BCUT2D eigenvalue weighted by atomic mass is 9.82. The number of ether oxygens (including phenoxy) is 1. The van der Waals surface area contributed by atoms with Crippen molar-refractivity contribution in [1.82, 2.24) is 4.90 Å². The van der Waals surface area contributed by atoms with Gasteiger partial charge in [-0.25, -0.2) is 4.79 Å². The summed E-state index contributed by atoms with van der Waals surface area (Å²) in [6.07, 6.45) is 1.42. The van der Waals surface area contributed by atoms with E-state index in [1.807, 2.05) is 42.5 Å². The lowest BCUT2D eigenvalue weighted by Gasteiger charge is -2.33. The number of rotatable bonds is 4. The van der Waals surface area contributed by atoms with E-state index in [0.717, 1.165) is 31.5 Å². The molecule has 150 valence electrons. The van der Waals surface area contributed by atoms with Crippen molar-refractivity contribution in [2.45, 2.75) is 50.7 Å². The summed E-state index contributed by atoms with van der Waals surface area (Å²) in [5.74, 6) is -0.600. The van der Waals surface area contributed by atoms with Gasteiger partial charge in [0.2, 0.25) is 5.60 Å². The van der Waals surface area contributed by atoms with Gasteiger partial charge in [0.25, 0.3) is 0 Å². The largest absolute Gasteiger partial charge is 0.460 e. The molecule has 4 nitrogen and oxygen atoms in total. The second-order valence-corrected chi connectivity index (χ2v) is 8.81. The standard InChI is InChI=1S/C24H31NO3/c1-23(2,3)18-10-12-20(13-11-18)24(27,19-8-6-5-7-9-19)22(26)28-21-14-16-25(4)17-15-21/h5-13,21,27H,14-17H2,1-4H3/t24-/m1/s1. The Labute approximate surface area is 168 Å². The molecule has 1 N–H and O–H groups in total. The molecule has 2 aromatic carbocycles. The Morgan fingerprint density at radius 2 is 1.43 bits per heavy atom. The number of carbonyl (C=O) groups is 1. The molecule has 1 heterocycles. The fraction of sp³-hybridized carbons (Fsp3) is 0.458. The maximum absolute atomic E-state index is 13.2. The van der Waals surface area contributed by atoms with Gasteiger partial charge in [-0.05, 0) is 42.0 Å². The molecule has 0 aliphatic carbocycles. The van der Waals surface area contributed by atoms with E-state index in [9.17, 15) is 9.90 Å². The third kappa shape index (κ3) is 4.29. The van der Waals surface area contributed by atoms with Gasteiger partial charge in [-0.1, -0.05) is 75.4 Å². The van der Waals surface area contributed by atoms with Crippen molar-refractivity contribution < 1.29 is 14.6 Å². The van der Waals surface area contributed by atoms with Crippen molar-refractivity contribution >= 4 is 5.97 Å². The Morgan fingerprint density at radius 3 is 1.96 bits per heavy atom. The molecular formula is C24H31NO3. The number of esters is 1. The highest BCUT2D eigenvalue weighted by atomic mass is 16.6. The molecule has 28 heavy (non-hydrogen) atoms. The number of hydrogen-bond donors (Lipinski definition) is 1. The zero-order chi connectivity index (χ0) is 20.4. The monoisotopic (exact) mass is 381 g/mol. The zero-order valence-electron chi connectivity index (χ0n) is 17.3. The molecule has 2 aromatic rings. The number of carbonyl (C=O) groups excluding carboxylic acids is 1. The van der Waals surface area contributed by atoms with Crippen LogP contribution in [0, 0.1) is 0 Å². The summed E-state index contributed by atoms with van der Waals surface area (Å²) in [5.41, 5.74) is 0.385. The molecule has 4 heteroatoms. The first-order chi connectivity index (χ1) is 13.2. The Bertz CT molecular complexity index is 787. The van der Waals surface area contributed by atoms with E-state index in [1.165, 1.54) is 0 Å². The molecule has 0 radical (unpaired) electrons. The first kappa shape index (κ1) is 20.6. The van der Waals surface area contributed by atoms with Gasteiger partial charge < -0.3 is 14.7 Å². The van der Waals surface area contributed by atoms with Crippen molar-refractivity contribution in [3.63, 3.8) is 0 Å². The molecule has 0 aromatic heterocycles. The van der Waals surface area contributed by atoms with Crippen LogP contribution >= 0.6 is 0 Å². The zero-order valence-corrected chi connectivity index (χ0v) is 17.3. The van der Waals surface area contributed by atoms with Crippen molar-refractivity contribution in [2.75, 3.05) is 20.1 Å². The fourth-order valence-electron chi connectivity index (χ4n) is 3.63. The van der Waals surface area contributed by atoms with Crippen LogP contribution in [0.25, 0.3) is 0 Å². The Morgan fingerprint density at radius 1 is 0.929 bits per heavy atom. The van der Waals surface area contributed by atoms with E-state index >= 15 is 0 Å². The highest BCUT2D eigenvalue weighted by Crippen LogP contribution is 2.34. The normalized spacial score (nSPS) is 18.5. The van der Waals surface area contributed by atoms with E-state index in [2.05, 4.69) is 32.7 Å². The van der Waals surface area contributed by atoms with Gasteiger partial charge in [0, 0.05) is 13.1 Å². The number of nitrogens with zero attached hydrogens (tertiary/aromatic N) is 1. The minimum Gasteiger partial charge on any atom is -0.460 e. The molecule has 0 bridgehead atoms. The minimum absolute atomic E-state index is 0.00196. The molecule has 1 aliphatic heterocycles. The molecule has 1 saturated heterocycles. The van der Waals surface area contributed by atoms with Crippen LogP contribution in [-0.4, -0.2) is 42.2 Å². The van der Waals surface area contributed by atoms with Gasteiger partial charge in [0.05, 0.1) is 0 Å². The van der Waals surface area contributed by atoms with Crippen molar-refractivity contribution in [2.24, 2.45) is 0 Å². The molecular weight excluding hydrogens is 350 g/mol. The summed E-state index contributed by atoms with van der Waals surface area (Å²) in [6, 6.07) is 16.7. The maximum atomic E-state index is 13.2. The summed E-state index contributed by atoms with van der Waals surface area (Å²) in [7, 11) is 2.06. The summed E-state index contributed by atoms with van der Waals surface area (Å²) < 4.78 is 5.80. The van der Waals surface area contributed by atoms with Crippen molar-refractivity contribution in [1.29, 1.82) is 0 Å². The molecule has 0 unspecified atom stereocenters. The van der Waals surface area contributed by atoms with Gasteiger partial charge in [0.15, 0.2) is 0 Å². The van der Waals surface area contributed by atoms with E-state index in [0.29, 0.717) is 11.1 Å². The number of likely N-dealkylation sites (tertiary alicyclic amines) is 1. The van der Waals surface area contributed by atoms with Crippen LogP contribution in [0.2, 0.25) is 0 Å². The van der Waals surface area contributed by atoms with Crippen LogP contribution < -0.4 is 0 Å². The number of hydrogen-bond acceptors (Lipinski definition) is 4. The average molecular weight is 382 g/mol. The van der Waals surface area contributed by atoms with Gasteiger partial charge >= 0.3 is 5.97 Å². The maximum Gasteiger partial charge on any atom is 0.347 e. The SMILES string of the molecule is CN1CCC(OC(=O)[C@@](O)(c2ccccc2)c2ccc(C(C)(C)C)cc2)CC1. The van der Waals surface area contributed by atoms with Gasteiger partial charge in [-0.3, -0.25) is 0 Å². The minimum atomic E-state index is -1.82. The smallest absolute Gasteiger partial charge is 0.347 e. The Hall–Kier alpha value is -2.17. The molecule has 0 saturated carbocycles. The van der Waals surface area contributed by atoms with Crippen LogP contribution in [0.4, 0.5) is 0 Å². The van der Waals surface area contributed by atoms with Crippen LogP contribution in [-0.2, 0) is 20.5 Å². The highest BCUT2D eigenvalue weighted by molar-refractivity contribution is 5.85. The average Bonchev–Trinajstić information content (AvgIpc) is 2.69. The van der Waals surface area contributed by atoms with Gasteiger partial charge in [0.1, 0.15) is 6.10 Å². The van der Waals surface area contributed by atoms with E-state index in [4.69, 9.17) is 4.74 Å². The fourth-order valence-corrected chi connectivity index (χ4v) is 3.63. The van der Waals surface area contributed by atoms with Crippen LogP contribution in [0.3, 0.4) is 0 Å². The van der Waals surface area contributed by atoms with Crippen LogP contribution in [0.1, 0.15) is 50.3 Å². The van der Waals surface area contributed by atoms with Crippen molar-refractivity contribution in [3.8, 4) is 0 Å². The Kier molecular flexibility index (Phi) is 5.92. The molecule has 1 atom stereocenters. The van der Waals surface area contributed by atoms with Crippen molar-refractivity contribution in [3.05, 3.63) is 71.3 Å². The quantitative estimate of drug-likeness (QED) is 0.817. The van der Waals surface area contributed by atoms with Crippen LogP contribution in [0.5, 0.6) is 0 Å². The van der Waals surface area contributed by atoms with E-state index in [1.54, 1.807) is 12.1 Å². The first-order valence-electron chi connectivity index (χ1n) is 10.00. The predicted octanol–water partition coefficient (Wildman–Crippen LogP) is 3.86. The summed E-state index contributed by atoms with van der Waals surface area (Å²) >= 11 is 0. The van der Waals surface area contributed by atoms with E-state index < -0.39 is 11.6 Å². The first-order valence-corrected chi connectivity index (χ1v) is 10.00. The summed E-state index contributed by atoms with van der Waals surface area (Å²) in [4.78, 5) is 15.4. The third-order valence-corrected chi connectivity index (χ3v) is 5.59. The lowest BCUT2D eigenvalue weighted by Crippen LogP contribution is -2.43. The molecule has 1 fully saturated rings. The van der Waals surface area contributed by atoms with Gasteiger partial charge in [-0.2, -0.15) is 0 Å². The van der Waals surface area contributed by atoms with Crippen LogP contribution in [0.15, 0.2) is 54.6 Å². The third-order valence-electron chi connectivity index (χ3n) is 5.59. The van der Waals surface area contributed by atoms with Gasteiger partial charge in [-0.15, -0.1) is 0 Å². The number of aliphatic hydroxyl groups is 1. The molecule has 0 amide bonds.